The first kappa shape index (κ1) is 27.8. The lowest BCUT2D eigenvalue weighted by atomic mass is 9.82. The number of halogens is 1. The highest BCUT2D eigenvalue weighted by Gasteiger charge is 2.35. The zero-order valence-corrected chi connectivity index (χ0v) is 23.2. The predicted molar refractivity (Wildman–Crippen MR) is 157 cm³/mol. The summed E-state index contributed by atoms with van der Waals surface area (Å²) >= 11 is 7.38. The van der Waals surface area contributed by atoms with E-state index in [2.05, 4.69) is 22.0 Å². The van der Waals surface area contributed by atoms with Gasteiger partial charge in [-0.2, -0.15) is 5.26 Å². The van der Waals surface area contributed by atoms with Crippen LogP contribution < -0.4 is 20.7 Å². The lowest BCUT2D eigenvalue weighted by molar-refractivity contribution is -0.114. The number of rotatable bonds is 8. The molecule has 4 rings (SSSR count). The Balaban J connectivity index is 1.61. The normalized spacial score (nSPS) is 14.8. The molecule has 198 valence electrons. The zero-order valence-electron chi connectivity index (χ0n) is 21.7. The summed E-state index contributed by atoms with van der Waals surface area (Å²) in [4.78, 5) is 26.4. The Labute approximate surface area is 236 Å². The van der Waals surface area contributed by atoms with E-state index in [0.29, 0.717) is 44.0 Å². The second-order valence-electron chi connectivity index (χ2n) is 8.82. The van der Waals surface area contributed by atoms with Crippen molar-refractivity contribution in [1.29, 1.82) is 5.26 Å². The number of nitrogens with one attached hydrogen (secondary N) is 3. The number of allylic oxidation sites excluding steroid dienone is 2. The van der Waals surface area contributed by atoms with Crippen molar-refractivity contribution in [2.45, 2.75) is 19.8 Å². The van der Waals surface area contributed by atoms with Crippen molar-refractivity contribution in [1.82, 2.24) is 5.32 Å². The predicted octanol–water partition coefficient (Wildman–Crippen LogP) is 6.36. The molecule has 0 saturated heterocycles. The number of nitrogens with zero attached hydrogens (tertiary/aromatic N) is 1. The molecule has 0 saturated carbocycles. The van der Waals surface area contributed by atoms with Gasteiger partial charge in [0.25, 0.3) is 5.91 Å². The fourth-order valence-electron chi connectivity index (χ4n) is 4.25. The molecule has 3 N–H and O–H groups in total. The Morgan fingerprint density at radius 2 is 1.77 bits per heavy atom. The first-order valence-corrected chi connectivity index (χ1v) is 13.5. The number of methoxy groups -OCH3 is 1. The highest BCUT2D eigenvalue weighted by atomic mass is 35.5. The highest BCUT2D eigenvalue weighted by molar-refractivity contribution is 8.03. The van der Waals surface area contributed by atoms with Crippen molar-refractivity contribution >= 4 is 46.6 Å². The number of hydrogen-bond donors (Lipinski definition) is 3. The Bertz CT molecular complexity index is 1510. The van der Waals surface area contributed by atoms with Gasteiger partial charge in [-0.1, -0.05) is 71.9 Å². The Hall–Kier alpha value is -4.19. The summed E-state index contributed by atoms with van der Waals surface area (Å²) in [5.74, 6) is -0.657. The molecule has 2 amide bonds. The molecule has 1 aliphatic heterocycles. The number of aryl methyl sites for hydroxylation is 1. The molecule has 7 nitrogen and oxygen atoms in total. The second kappa shape index (κ2) is 12.6. The van der Waals surface area contributed by atoms with Crippen molar-refractivity contribution in [3.63, 3.8) is 0 Å². The van der Waals surface area contributed by atoms with E-state index in [1.807, 2.05) is 49.4 Å². The summed E-state index contributed by atoms with van der Waals surface area (Å²) in [6.07, 6.45) is 0. The average molecular weight is 559 g/mol. The van der Waals surface area contributed by atoms with E-state index in [0.717, 1.165) is 11.1 Å². The van der Waals surface area contributed by atoms with Crippen LogP contribution in [0.5, 0.6) is 5.75 Å². The number of carbonyl (C=O) groups is 2. The van der Waals surface area contributed by atoms with Gasteiger partial charge in [0.15, 0.2) is 0 Å². The SMILES string of the molecule is COc1ccccc1NC(=O)C1=C(C)NC(SCC(=O)Nc2ccc(C)c(Cl)c2)=C(C#N)[C@@H]1c1ccccc1. The third-order valence-electron chi connectivity index (χ3n) is 6.18. The van der Waals surface area contributed by atoms with Crippen LogP contribution in [-0.2, 0) is 9.59 Å². The fourth-order valence-corrected chi connectivity index (χ4v) is 5.32. The molecule has 0 fully saturated rings. The topological polar surface area (TPSA) is 103 Å². The van der Waals surface area contributed by atoms with Crippen LogP contribution in [0.25, 0.3) is 0 Å². The van der Waals surface area contributed by atoms with Gasteiger partial charge in [-0.15, -0.1) is 0 Å². The minimum atomic E-state index is -0.631. The maximum absolute atomic E-state index is 13.6. The van der Waals surface area contributed by atoms with Gasteiger partial charge in [-0.3, -0.25) is 9.59 Å². The third-order valence-corrected chi connectivity index (χ3v) is 7.61. The van der Waals surface area contributed by atoms with Crippen LogP contribution in [0.3, 0.4) is 0 Å². The third kappa shape index (κ3) is 6.45. The molecule has 0 aromatic heterocycles. The summed E-state index contributed by atoms with van der Waals surface area (Å²) in [7, 11) is 1.54. The molecular formula is C30H27ClN4O3S. The number of ether oxygens (including phenoxy) is 1. The smallest absolute Gasteiger partial charge is 0.254 e. The van der Waals surface area contributed by atoms with Gasteiger partial charge in [0.05, 0.1) is 41.1 Å². The van der Waals surface area contributed by atoms with Crippen LogP contribution in [0.2, 0.25) is 5.02 Å². The number of anilines is 2. The molecule has 39 heavy (non-hydrogen) atoms. The van der Waals surface area contributed by atoms with E-state index in [-0.39, 0.29) is 17.6 Å². The number of benzene rings is 3. The van der Waals surface area contributed by atoms with Gasteiger partial charge < -0.3 is 20.7 Å². The number of carbonyl (C=O) groups excluding carboxylic acids is 2. The van der Waals surface area contributed by atoms with Gasteiger partial charge in [-0.25, -0.2) is 0 Å². The van der Waals surface area contributed by atoms with Crippen molar-refractivity contribution < 1.29 is 14.3 Å². The van der Waals surface area contributed by atoms with Crippen molar-refractivity contribution in [3.05, 3.63) is 111 Å². The van der Waals surface area contributed by atoms with E-state index in [4.69, 9.17) is 16.3 Å². The quantitative estimate of drug-likeness (QED) is 0.297. The molecule has 0 unspecified atom stereocenters. The fraction of sp³-hybridized carbons (Fsp3) is 0.167. The van der Waals surface area contributed by atoms with E-state index in [1.54, 1.807) is 37.3 Å². The van der Waals surface area contributed by atoms with Crippen LogP contribution >= 0.6 is 23.4 Å². The summed E-state index contributed by atoms with van der Waals surface area (Å²) in [6.45, 7) is 3.68. The van der Waals surface area contributed by atoms with E-state index >= 15 is 0 Å². The highest BCUT2D eigenvalue weighted by Crippen LogP contribution is 2.41. The molecule has 9 heteroatoms. The molecule has 3 aromatic carbocycles. The molecule has 0 radical (unpaired) electrons. The Morgan fingerprint density at radius 3 is 2.46 bits per heavy atom. The largest absolute Gasteiger partial charge is 0.495 e. The van der Waals surface area contributed by atoms with Crippen molar-refractivity contribution in [2.24, 2.45) is 0 Å². The second-order valence-corrected chi connectivity index (χ2v) is 10.2. The summed E-state index contributed by atoms with van der Waals surface area (Å²) in [5, 5.41) is 20.3. The van der Waals surface area contributed by atoms with Gasteiger partial charge in [0, 0.05) is 22.0 Å². The first-order chi connectivity index (χ1) is 18.8. The van der Waals surface area contributed by atoms with E-state index in [1.165, 1.54) is 18.9 Å². The number of dihydropyridines is 1. The van der Waals surface area contributed by atoms with Crippen LogP contribution in [0.1, 0.15) is 24.0 Å². The Kier molecular flexibility index (Phi) is 8.97. The van der Waals surface area contributed by atoms with Crippen LogP contribution in [0.15, 0.2) is 94.7 Å². The molecule has 0 spiro atoms. The molecule has 1 aliphatic rings. The molecular weight excluding hydrogens is 532 g/mol. The van der Waals surface area contributed by atoms with Crippen LogP contribution in [-0.4, -0.2) is 24.7 Å². The molecule has 1 heterocycles. The summed E-state index contributed by atoms with van der Waals surface area (Å²) in [5.41, 5.74) is 4.17. The lowest BCUT2D eigenvalue weighted by Gasteiger charge is -2.30. The number of para-hydroxylation sites is 2. The van der Waals surface area contributed by atoms with E-state index in [9.17, 15) is 14.9 Å². The minimum Gasteiger partial charge on any atom is -0.495 e. The number of hydrogen-bond acceptors (Lipinski definition) is 6. The molecule has 1 atom stereocenters. The van der Waals surface area contributed by atoms with Gasteiger partial charge >= 0.3 is 0 Å². The Morgan fingerprint density at radius 1 is 1.05 bits per heavy atom. The monoisotopic (exact) mass is 558 g/mol. The van der Waals surface area contributed by atoms with E-state index < -0.39 is 5.92 Å². The number of thioether (sulfide) groups is 1. The van der Waals surface area contributed by atoms with Gasteiger partial charge in [0.1, 0.15) is 5.75 Å². The minimum absolute atomic E-state index is 0.0521. The van der Waals surface area contributed by atoms with Crippen molar-refractivity contribution in [3.8, 4) is 11.8 Å². The average Bonchev–Trinajstić information content (AvgIpc) is 2.94. The number of amides is 2. The summed E-state index contributed by atoms with van der Waals surface area (Å²) in [6, 6.07) is 24.1. The van der Waals surface area contributed by atoms with Gasteiger partial charge in [0.2, 0.25) is 5.91 Å². The maximum atomic E-state index is 13.6. The maximum Gasteiger partial charge on any atom is 0.254 e. The van der Waals surface area contributed by atoms with Gasteiger partial charge in [-0.05, 0) is 49.2 Å². The molecule has 0 bridgehead atoms. The molecule has 0 aliphatic carbocycles. The van der Waals surface area contributed by atoms with Crippen LogP contribution in [0, 0.1) is 18.3 Å². The zero-order chi connectivity index (χ0) is 27.9. The summed E-state index contributed by atoms with van der Waals surface area (Å²) < 4.78 is 5.38. The number of nitriles is 1. The first-order valence-electron chi connectivity index (χ1n) is 12.1. The van der Waals surface area contributed by atoms with Crippen LogP contribution in [0.4, 0.5) is 11.4 Å². The van der Waals surface area contributed by atoms with Crippen molar-refractivity contribution in [2.75, 3.05) is 23.5 Å². The standard InChI is InChI=1S/C30H27ClN4O3S/c1-18-13-14-21(15-23(18)31)34-26(36)17-39-30-22(16-32)28(20-9-5-4-6-10-20)27(19(2)33-30)29(37)35-24-11-7-8-12-25(24)38-3/h4-15,28,33H,17H2,1-3H3,(H,34,36)(H,35,37)/t28-/m0/s1. The lowest BCUT2D eigenvalue weighted by Crippen LogP contribution is -2.31. The molecule has 3 aromatic rings.